The van der Waals surface area contributed by atoms with Crippen molar-refractivity contribution >= 4 is 0 Å². The molecule has 1 saturated heterocycles. The molecule has 0 aliphatic carbocycles. The number of ether oxygens (including phenoxy) is 1. The van der Waals surface area contributed by atoms with Gasteiger partial charge < -0.3 is 10.1 Å². The van der Waals surface area contributed by atoms with E-state index in [1.54, 1.807) is 0 Å². The first-order chi connectivity index (χ1) is 9.31. The average Bonchev–Trinajstić information content (AvgIpc) is 2.46. The number of piperidine rings is 1. The van der Waals surface area contributed by atoms with Gasteiger partial charge in [-0.3, -0.25) is 4.90 Å². The number of likely N-dealkylation sites (tertiary alicyclic amines) is 1. The van der Waals surface area contributed by atoms with E-state index < -0.39 is 0 Å². The SMILES string of the molecule is CCCOc1cccc(CN2CCC(NC)CC2)c1. The number of hydrogen-bond donors (Lipinski definition) is 1. The Kier molecular flexibility index (Phi) is 5.67. The zero-order valence-corrected chi connectivity index (χ0v) is 12.2. The van der Waals surface area contributed by atoms with Gasteiger partial charge in [-0.05, 0) is 57.1 Å². The van der Waals surface area contributed by atoms with Crippen LogP contribution in [-0.4, -0.2) is 37.7 Å². The molecule has 106 valence electrons. The Bertz CT molecular complexity index is 373. The van der Waals surface area contributed by atoms with Gasteiger partial charge in [0.05, 0.1) is 6.61 Å². The van der Waals surface area contributed by atoms with Crippen molar-refractivity contribution < 1.29 is 4.74 Å². The fourth-order valence-electron chi connectivity index (χ4n) is 2.59. The lowest BCUT2D eigenvalue weighted by atomic mass is 10.0. The van der Waals surface area contributed by atoms with Crippen molar-refractivity contribution in [2.24, 2.45) is 0 Å². The summed E-state index contributed by atoms with van der Waals surface area (Å²) < 4.78 is 5.69. The first-order valence-electron chi connectivity index (χ1n) is 7.43. The summed E-state index contributed by atoms with van der Waals surface area (Å²) in [6, 6.07) is 9.23. The minimum absolute atomic E-state index is 0.704. The maximum Gasteiger partial charge on any atom is 0.119 e. The van der Waals surface area contributed by atoms with Crippen molar-refractivity contribution in [3.05, 3.63) is 29.8 Å². The second kappa shape index (κ2) is 7.51. The number of nitrogens with zero attached hydrogens (tertiary/aromatic N) is 1. The fourth-order valence-corrected chi connectivity index (χ4v) is 2.59. The number of benzene rings is 1. The van der Waals surface area contributed by atoms with Gasteiger partial charge in [-0.1, -0.05) is 19.1 Å². The lowest BCUT2D eigenvalue weighted by Gasteiger charge is -2.31. The molecule has 3 nitrogen and oxygen atoms in total. The molecule has 1 aliphatic rings. The quantitative estimate of drug-likeness (QED) is 0.853. The summed E-state index contributed by atoms with van der Waals surface area (Å²) in [5, 5.41) is 3.37. The second-order valence-electron chi connectivity index (χ2n) is 5.33. The first-order valence-corrected chi connectivity index (χ1v) is 7.43. The van der Waals surface area contributed by atoms with Crippen molar-refractivity contribution in [1.82, 2.24) is 10.2 Å². The Hall–Kier alpha value is -1.06. The summed E-state index contributed by atoms with van der Waals surface area (Å²) in [4.78, 5) is 2.53. The molecule has 1 N–H and O–H groups in total. The Labute approximate surface area is 116 Å². The zero-order valence-electron chi connectivity index (χ0n) is 12.2. The van der Waals surface area contributed by atoms with Gasteiger partial charge in [0.25, 0.3) is 0 Å². The van der Waals surface area contributed by atoms with Crippen LogP contribution in [0.5, 0.6) is 5.75 Å². The van der Waals surface area contributed by atoms with E-state index in [9.17, 15) is 0 Å². The third-order valence-corrected chi connectivity index (χ3v) is 3.77. The summed E-state index contributed by atoms with van der Waals surface area (Å²) in [5.74, 6) is 1.00. The summed E-state index contributed by atoms with van der Waals surface area (Å²) >= 11 is 0. The van der Waals surface area contributed by atoms with E-state index in [1.165, 1.54) is 31.5 Å². The number of rotatable bonds is 6. The molecule has 19 heavy (non-hydrogen) atoms. The van der Waals surface area contributed by atoms with Crippen LogP contribution in [0.2, 0.25) is 0 Å². The van der Waals surface area contributed by atoms with Gasteiger partial charge >= 0.3 is 0 Å². The molecule has 0 bridgehead atoms. The Morgan fingerprint density at radius 1 is 1.32 bits per heavy atom. The average molecular weight is 262 g/mol. The molecule has 1 aliphatic heterocycles. The minimum Gasteiger partial charge on any atom is -0.494 e. The number of nitrogens with one attached hydrogen (secondary N) is 1. The van der Waals surface area contributed by atoms with Crippen LogP contribution in [0, 0.1) is 0 Å². The van der Waals surface area contributed by atoms with Crippen LogP contribution in [0.25, 0.3) is 0 Å². The molecule has 0 amide bonds. The van der Waals surface area contributed by atoms with E-state index in [4.69, 9.17) is 4.74 Å². The zero-order chi connectivity index (χ0) is 13.5. The van der Waals surface area contributed by atoms with Crippen molar-refractivity contribution in [2.45, 2.75) is 38.8 Å². The van der Waals surface area contributed by atoms with Gasteiger partial charge in [0.15, 0.2) is 0 Å². The molecular formula is C16H26N2O. The van der Waals surface area contributed by atoms with Crippen LogP contribution in [0.3, 0.4) is 0 Å². The van der Waals surface area contributed by atoms with Gasteiger partial charge in [0, 0.05) is 12.6 Å². The smallest absolute Gasteiger partial charge is 0.119 e. The number of hydrogen-bond acceptors (Lipinski definition) is 3. The van der Waals surface area contributed by atoms with Crippen LogP contribution in [0.15, 0.2) is 24.3 Å². The summed E-state index contributed by atoms with van der Waals surface area (Å²) in [7, 11) is 2.06. The van der Waals surface area contributed by atoms with Gasteiger partial charge in [0.1, 0.15) is 5.75 Å². The highest BCUT2D eigenvalue weighted by Gasteiger charge is 2.17. The minimum atomic E-state index is 0.704. The molecule has 1 aromatic carbocycles. The van der Waals surface area contributed by atoms with Gasteiger partial charge in [0.2, 0.25) is 0 Å². The molecule has 1 heterocycles. The lowest BCUT2D eigenvalue weighted by Crippen LogP contribution is -2.40. The lowest BCUT2D eigenvalue weighted by molar-refractivity contribution is 0.194. The van der Waals surface area contributed by atoms with Crippen molar-refractivity contribution in [1.29, 1.82) is 0 Å². The highest BCUT2D eigenvalue weighted by atomic mass is 16.5. The van der Waals surface area contributed by atoms with E-state index in [-0.39, 0.29) is 0 Å². The summed E-state index contributed by atoms with van der Waals surface area (Å²) in [6.45, 7) is 6.35. The maximum absolute atomic E-state index is 5.69. The van der Waals surface area contributed by atoms with Crippen LogP contribution in [0.1, 0.15) is 31.7 Å². The molecule has 0 radical (unpaired) electrons. The van der Waals surface area contributed by atoms with Crippen LogP contribution < -0.4 is 10.1 Å². The second-order valence-corrected chi connectivity index (χ2v) is 5.33. The van der Waals surface area contributed by atoms with E-state index in [0.29, 0.717) is 6.04 Å². The fraction of sp³-hybridized carbons (Fsp3) is 0.625. The van der Waals surface area contributed by atoms with Crippen molar-refractivity contribution in [2.75, 3.05) is 26.7 Å². The van der Waals surface area contributed by atoms with Crippen LogP contribution in [-0.2, 0) is 6.54 Å². The highest BCUT2D eigenvalue weighted by molar-refractivity contribution is 5.28. The molecule has 0 aromatic heterocycles. The predicted octanol–water partition coefficient (Wildman–Crippen LogP) is 2.66. The Balaban J connectivity index is 1.85. The Morgan fingerprint density at radius 2 is 2.11 bits per heavy atom. The van der Waals surface area contributed by atoms with E-state index >= 15 is 0 Å². The molecule has 3 heteroatoms. The van der Waals surface area contributed by atoms with Gasteiger partial charge in [-0.2, -0.15) is 0 Å². The van der Waals surface area contributed by atoms with Crippen LogP contribution in [0.4, 0.5) is 0 Å². The molecule has 0 saturated carbocycles. The third kappa shape index (κ3) is 4.51. The molecule has 0 spiro atoms. The monoisotopic (exact) mass is 262 g/mol. The molecule has 2 rings (SSSR count). The normalized spacial score (nSPS) is 17.6. The predicted molar refractivity (Wildman–Crippen MR) is 79.6 cm³/mol. The van der Waals surface area contributed by atoms with Crippen molar-refractivity contribution in [3.63, 3.8) is 0 Å². The van der Waals surface area contributed by atoms with E-state index in [0.717, 1.165) is 25.3 Å². The molecule has 0 atom stereocenters. The van der Waals surface area contributed by atoms with E-state index in [1.807, 2.05) is 6.07 Å². The standard InChI is InChI=1S/C16H26N2O/c1-3-11-19-16-6-4-5-14(12-16)13-18-9-7-15(17-2)8-10-18/h4-6,12,15,17H,3,7-11,13H2,1-2H3. The molecular weight excluding hydrogens is 236 g/mol. The summed E-state index contributed by atoms with van der Waals surface area (Å²) in [5.41, 5.74) is 1.36. The topological polar surface area (TPSA) is 24.5 Å². The summed E-state index contributed by atoms with van der Waals surface area (Å²) in [6.07, 6.45) is 3.56. The third-order valence-electron chi connectivity index (χ3n) is 3.77. The first kappa shape index (κ1) is 14.4. The largest absolute Gasteiger partial charge is 0.494 e. The highest BCUT2D eigenvalue weighted by Crippen LogP contribution is 2.17. The van der Waals surface area contributed by atoms with Gasteiger partial charge in [-0.25, -0.2) is 0 Å². The van der Waals surface area contributed by atoms with E-state index in [2.05, 4.69) is 42.4 Å². The van der Waals surface area contributed by atoms with Crippen molar-refractivity contribution in [3.8, 4) is 5.75 Å². The van der Waals surface area contributed by atoms with Gasteiger partial charge in [-0.15, -0.1) is 0 Å². The Morgan fingerprint density at radius 3 is 2.79 bits per heavy atom. The van der Waals surface area contributed by atoms with Crippen LogP contribution >= 0.6 is 0 Å². The maximum atomic E-state index is 5.69. The molecule has 0 unspecified atom stereocenters. The molecule has 1 aromatic rings. The molecule has 1 fully saturated rings.